The summed E-state index contributed by atoms with van der Waals surface area (Å²) in [5.41, 5.74) is 1.63. The lowest BCUT2D eigenvalue weighted by molar-refractivity contribution is -0.123. The predicted molar refractivity (Wildman–Crippen MR) is 88.3 cm³/mol. The second kappa shape index (κ2) is 6.90. The number of rotatable bonds is 6. The van der Waals surface area contributed by atoms with Crippen molar-refractivity contribution in [1.29, 1.82) is 0 Å². The number of nitrogens with zero attached hydrogens (tertiary/aromatic N) is 3. The zero-order chi connectivity index (χ0) is 16.2. The van der Waals surface area contributed by atoms with Gasteiger partial charge in [-0.2, -0.15) is 0 Å². The molecule has 0 saturated carbocycles. The minimum absolute atomic E-state index is 0.0768. The van der Waals surface area contributed by atoms with Gasteiger partial charge in [-0.3, -0.25) is 4.79 Å². The van der Waals surface area contributed by atoms with E-state index in [1.807, 2.05) is 28.9 Å². The average Bonchev–Trinajstić information content (AvgIpc) is 2.87. The van der Waals surface area contributed by atoms with Gasteiger partial charge < -0.3 is 5.32 Å². The van der Waals surface area contributed by atoms with Crippen molar-refractivity contribution < 1.29 is 4.79 Å². The number of benzene rings is 1. The molecule has 1 N–H and O–H groups in total. The van der Waals surface area contributed by atoms with Crippen LogP contribution in [-0.2, 0) is 4.79 Å². The number of unbranched alkanes of at least 4 members (excludes halogenated alkanes) is 2. The van der Waals surface area contributed by atoms with E-state index < -0.39 is 0 Å². The summed E-state index contributed by atoms with van der Waals surface area (Å²) in [5.74, 6) is 0.0768. The fourth-order valence-electron chi connectivity index (χ4n) is 2.48. The van der Waals surface area contributed by atoms with Crippen LogP contribution in [0, 0.1) is 5.41 Å². The van der Waals surface area contributed by atoms with Gasteiger partial charge in [-0.05, 0) is 18.6 Å². The van der Waals surface area contributed by atoms with Gasteiger partial charge in [0.15, 0.2) is 0 Å². The highest BCUT2D eigenvalue weighted by Crippen LogP contribution is 2.30. The molecule has 0 saturated heterocycles. The molecule has 5 nitrogen and oxygen atoms in total. The molecule has 0 bridgehead atoms. The Balaban J connectivity index is 2.22. The van der Waals surface area contributed by atoms with Gasteiger partial charge in [-0.1, -0.05) is 57.9 Å². The fraction of sp³-hybridized carbons (Fsp3) is 0.588. The van der Waals surface area contributed by atoms with Gasteiger partial charge in [0.05, 0.1) is 5.52 Å². The molecule has 1 aromatic carbocycles. The van der Waals surface area contributed by atoms with E-state index in [-0.39, 0.29) is 17.5 Å². The highest BCUT2D eigenvalue weighted by atomic mass is 16.1. The number of carbonyl (C=O) groups excluding carboxylic acids is 1. The number of amides is 1. The van der Waals surface area contributed by atoms with Crippen LogP contribution in [0.3, 0.4) is 0 Å². The summed E-state index contributed by atoms with van der Waals surface area (Å²) < 4.78 is 1.83. The number of para-hydroxylation sites is 1. The second-order valence-electron chi connectivity index (χ2n) is 6.82. The van der Waals surface area contributed by atoms with E-state index in [9.17, 15) is 4.79 Å². The lowest BCUT2D eigenvalue weighted by atomic mass is 9.92. The van der Waals surface area contributed by atoms with Gasteiger partial charge in [0.1, 0.15) is 11.7 Å². The summed E-state index contributed by atoms with van der Waals surface area (Å²) in [7, 11) is 0. The summed E-state index contributed by atoms with van der Waals surface area (Å²) in [6.07, 6.45) is 3.47. The average molecular weight is 302 g/mol. The van der Waals surface area contributed by atoms with Crippen LogP contribution in [0.25, 0.3) is 11.0 Å². The van der Waals surface area contributed by atoms with Gasteiger partial charge in [0.25, 0.3) is 0 Å². The molecule has 22 heavy (non-hydrogen) atoms. The van der Waals surface area contributed by atoms with Crippen molar-refractivity contribution in [2.75, 3.05) is 0 Å². The molecule has 1 unspecified atom stereocenters. The van der Waals surface area contributed by atoms with E-state index in [1.165, 1.54) is 0 Å². The van der Waals surface area contributed by atoms with Crippen molar-refractivity contribution in [2.45, 2.75) is 59.5 Å². The molecule has 1 aromatic heterocycles. The van der Waals surface area contributed by atoms with Crippen LogP contribution in [-0.4, -0.2) is 20.9 Å². The Bertz CT molecular complexity index is 627. The minimum Gasteiger partial charge on any atom is -0.334 e. The van der Waals surface area contributed by atoms with Gasteiger partial charge >= 0.3 is 0 Å². The lowest BCUT2D eigenvalue weighted by Crippen LogP contribution is -2.40. The highest BCUT2D eigenvalue weighted by Gasteiger charge is 2.30. The van der Waals surface area contributed by atoms with Crippen LogP contribution in [0.15, 0.2) is 24.3 Å². The minimum atomic E-state index is -0.214. The zero-order valence-electron chi connectivity index (χ0n) is 14.0. The molecule has 120 valence electrons. The standard InChI is InChI=1S/C17H26N4O/c1-5-6-7-12-15(22)18-16(17(2,3)4)21-14-11-9-8-10-13(14)19-20-21/h8-11,16H,5-7,12H2,1-4H3,(H,18,22). The van der Waals surface area contributed by atoms with Crippen LogP contribution in [0.1, 0.15) is 59.5 Å². The summed E-state index contributed by atoms with van der Waals surface area (Å²) in [4.78, 5) is 12.2. The molecule has 0 spiro atoms. The Hall–Kier alpha value is -1.91. The number of hydrogen-bond donors (Lipinski definition) is 1. The maximum absolute atomic E-state index is 12.2. The van der Waals surface area contributed by atoms with E-state index in [4.69, 9.17) is 0 Å². The number of carbonyl (C=O) groups is 1. The first-order valence-corrected chi connectivity index (χ1v) is 8.02. The molecule has 2 rings (SSSR count). The zero-order valence-corrected chi connectivity index (χ0v) is 14.0. The van der Waals surface area contributed by atoms with Crippen molar-refractivity contribution in [3.63, 3.8) is 0 Å². The van der Waals surface area contributed by atoms with Crippen molar-refractivity contribution in [1.82, 2.24) is 20.3 Å². The third-order valence-corrected chi connectivity index (χ3v) is 3.75. The van der Waals surface area contributed by atoms with Crippen LogP contribution in [0.4, 0.5) is 0 Å². The Morgan fingerprint density at radius 1 is 1.27 bits per heavy atom. The maximum atomic E-state index is 12.2. The molecule has 0 radical (unpaired) electrons. The second-order valence-corrected chi connectivity index (χ2v) is 6.82. The number of aromatic nitrogens is 3. The highest BCUT2D eigenvalue weighted by molar-refractivity contribution is 5.77. The topological polar surface area (TPSA) is 59.8 Å². The SMILES string of the molecule is CCCCCC(=O)NC(n1nnc2ccccc21)C(C)(C)C. The molecule has 0 aliphatic rings. The Kier molecular flexibility index (Phi) is 5.16. The predicted octanol–water partition coefficient (Wildman–Crippen LogP) is 3.67. The van der Waals surface area contributed by atoms with Crippen LogP contribution in [0.2, 0.25) is 0 Å². The summed E-state index contributed by atoms with van der Waals surface area (Å²) in [6.45, 7) is 8.43. The summed E-state index contributed by atoms with van der Waals surface area (Å²) >= 11 is 0. The lowest BCUT2D eigenvalue weighted by Gasteiger charge is -2.31. The molecule has 0 aliphatic carbocycles. The third-order valence-electron chi connectivity index (χ3n) is 3.75. The molecule has 0 fully saturated rings. The largest absolute Gasteiger partial charge is 0.334 e. The van der Waals surface area contributed by atoms with Crippen molar-refractivity contribution in [3.05, 3.63) is 24.3 Å². The summed E-state index contributed by atoms with van der Waals surface area (Å²) in [6, 6.07) is 7.82. The number of hydrogen-bond acceptors (Lipinski definition) is 3. The van der Waals surface area contributed by atoms with Crippen LogP contribution >= 0.6 is 0 Å². The maximum Gasteiger partial charge on any atom is 0.221 e. The normalized spacial score (nSPS) is 13.3. The van der Waals surface area contributed by atoms with E-state index >= 15 is 0 Å². The van der Waals surface area contributed by atoms with Gasteiger partial charge in [0.2, 0.25) is 5.91 Å². The Morgan fingerprint density at radius 2 is 2.00 bits per heavy atom. The van der Waals surface area contributed by atoms with E-state index in [0.717, 1.165) is 30.3 Å². The number of fused-ring (bicyclic) bond motifs is 1. The van der Waals surface area contributed by atoms with Crippen LogP contribution < -0.4 is 5.32 Å². The van der Waals surface area contributed by atoms with E-state index in [0.29, 0.717) is 6.42 Å². The van der Waals surface area contributed by atoms with Gasteiger partial charge in [-0.25, -0.2) is 4.68 Å². The first-order valence-electron chi connectivity index (χ1n) is 8.02. The molecular formula is C17H26N4O. The smallest absolute Gasteiger partial charge is 0.221 e. The molecule has 2 aromatic rings. The first kappa shape index (κ1) is 16.5. The quantitative estimate of drug-likeness (QED) is 0.828. The molecule has 5 heteroatoms. The molecule has 1 amide bonds. The van der Waals surface area contributed by atoms with Crippen molar-refractivity contribution in [2.24, 2.45) is 5.41 Å². The molecule has 1 atom stereocenters. The van der Waals surface area contributed by atoms with Gasteiger partial charge in [-0.15, -0.1) is 5.10 Å². The monoisotopic (exact) mass is 302 g/mol. The number of nitrogens with one attached hydrogen (secondary N) is 1. The summed E-state index contributed by atoms with van der Waals surface area (Å²) in [5, 5.41) is 11.6. The van der Waals surface area contributed by atoms with Gasteiger partial charge in [0, 0.05) is 11.8 Å². The third kappa shape index (κ3) is 3.84. The molecular weight excluding hydrogens is 276 g/mol. The van der Waals surface area contributed by atoms with Crippen LogP contribution in [0.5, 0.6) is 0 Å². The van der Waals surface area contributed by atoms with Crippen molar-refractivity contribution in [3.8, 4) is 0 Å². The Morgan fingerprint density at radius 3 is 2.68 bits per heavy atom. The van der Waals surface area contributed by atoms with Crippen molar-refractivity contribution >= 4 is 16.9 Å². The fourth-order valence-corrected chi connectivity index (χ4v) is 2.48. The van der Waals surface area contributed by atoms with E-state index in [1.54, 1.807) is 0 Å². The molecule has 0 aliphatic heterocycles. The molecule has 1 heterocycles. The first-order chi connectivity index (χ1) is 10.4. The van der Waals surface area contributed by atoms with E-state index in [2.05, 4.69) is 43.3 Å². The Labute approximate surface area is 132 Å².